The molecule has 1 saturated carbocycles. The summed E-state index contributed by atoms with van der Waals surface area (Å²) >= 11 is 5.49. The van der Waals surface area contributed by atoms with Crippen LogP contribution in [0.15, 0.2) is 24.3 Å². The van der Waals surface area contributed by atoms with E-state index in [-0.39, 0.29) is 0 Å². The number of benzene rings is 1. The molecule has 2 fully saturated rings. The van der Waals surface area contributed by atoms with Crippen LogP contribution in [0.1, 0.15) is 56.1 Å². The Morgan fingerprint density at radius 2 is 1.70 bits per heavy atom. The van der Waals surface area contributed by atoms with Gasteiger partial charge in [0.25, 0.3) is 0 Å². The first-order chi connectivity index (χ1) is 11.3. The lowest BCUT2D eigenvalue weighted by Crippen LogP contribution is -2.42. The molecule has 1 saturated heterocycles. The number of nitrogens with zero attached hydrogens (tertiary/aromatic N) is 1. The maximum Gasteiger partial charge on any atom is 0.166 e. The number of rotatable bonds is 5. The van der Waals surface area contributed by atoms with Crippen LogP contribution in [0.3, 0.4) is 0 Å². The minimum Gasteiger partial charge on any atom is -0.360 e. The molecule has 0 unspecified atom stereocenters. The quantitative estimate of drug-likeness (QED) is 0.807. The molecule has 0 atom stereocenters. The molecule has 3 nitrogen and oxygen atoms in total. The first kappa shape index (κ1) is 16.7. The van der Waals surface area contributed by atoms with Crippen molar-refractivity contribution in [3.05, 3.63) is 35.4 Å². The van der Waals surface area contributed by atoms with Crippen molar-refractivity contribution in [3.63, 3.8) is 0 Å². The molecule has 1 aromatic rings. The SMILES string of the molecule is S=C(NCc1ccccc1CN1CCCC1)NC1CCCCC1. The molecule has 2 N–H and O–H groups in total. The van der Waals surface area contributed by atoms with E-state index >= 15 is 0 Å². The third-order valence-corrected chi connectivity index (χ3v) is 5.35. The number of likely N-dealkylation sites (tertiary alicyclic amines) is 1. The predicted molar refractivity (Wildman–Crippen MR) is 100 cm³/mol. The molecule has 126 valence electrons. The summed E-state index contributed by atoms with van der Waals surface area (Å²) in [5.41, 5.74) is 2.80. The minimum atomic E-state index is 0.573. The van der Waals surface area contributed by atoms with Crippen LogP contribution >= 0.6 is 12.2 Å². The van der Waals surface area contributed by atoms with Crippen LogP contribution in [0.5, 0.6) is 0 Å². The van der Waals surface area contributed by atoms with Crippen LogP contribution in [0.4, 0.5) is 0 Å². The fourth-order valence-electron chi connectivity index (χ4n) is 3.72. The molecule has 1 aliphatic heterocycles. The minimum absolute atomic E-state index is 0.573. The normalized spacial score (nSPS) is 19.7. The molecule has 0 radical (unpaired) electrons. The Hall–Kier alpha value is -1.13. The molecule has 0 bridgehead atoms. The van der Waals surface area contributed by atoms with E-state index in [1.165, 1.54) is 69.2 Å². The lowest BCUT2D eigenvalue weighted by molar-refractivity contribution is 0.330. The lowest BCUT2D eigenvalue weighted by atomic mass is 9.96. The van der Waals surface area contributed by atoms with Crippen molar-refractivity contribution in [1.29, 1.82) is 0 Å². The second kappa shape index (κ2) is 8.65. The molecule has 1 aromatic carbocycles. The molecular weight excluding hydrogens is 302 g/mol. The van der Waals surface area contributed by atoms with Crippen molar-refractivity contribution in [2.75, 3.05) is 13.1 Å². The molecular formula is C19H29N3S. The smallest absolute Gasteiger partial charge is 0.166 e. The number of hydrogen-bond donors (Lipinski definition) is 2. The maximum atomic E-state index is 5.49. The van der Waals surface area contributed by atoms with Gasteiger partial charge in [-0.2, -0.15) is 0 Å². The summed E-state index contributed by atoms with van der Waals surface area (Å²) in [5.74, 6) is 0. The Balaban J connectivity index is 1.49. The summed E-state index contributed by atoms with van der Waals surface area (Å²) in [6.07, 6.45) is 9.24. The summed E-state index contributed by atoms with van der Waals surface area (Å²) in [6.45, 7) is 4.37. The molecule has 3 rings (SSSR count). The van der Waals surface area contributed by atoms with E-state index in [1.54, 1.807) is 0 Å². The zero-order valence-electron chi connectivity index (χ0n) is 14.0. The Morgan fingerprint density at radius 1 is 1.00 bits per heavy atom. The second-order valence-corrected chi connectivity index (χ2v) is 7.32. The van der Waals surface area contributed by atoms with Crippen LogP contribution in [0.25, 0.3) is 0 Å². The molecule has 4 heteroatoms. The summed E-state index contributed by atoms with van der Waals surface area (Å²) in [7, 11) is 0. The van der Waals surface area contributed by atoms with Crippen molar-refractivity contribution in [1.82, 2.24) is 15.5 Å². The number of nitrogens with one attached hydrogen (secondary N) is 2. The number of thiocarbonyl (C=S) groups is 1. The van der Waals surface area contributed by atoms with Gasteiger partial charge in [0.15, 0.2) is 5.11 Å². The molecule has 1 aliphatic carbocycles. The molecule has 0 spiro atoms. The van der Waals surface area contributed by atoms with Crippen molar-refractivity contribution >= 4 is 17.3 Å². The van der Waals surface area contributed by atoms with E-state index in [9.17, 15) is 0 Å². The lowest BCUT2D eigenvalue weighted by Gasteiger charge is -2.24. The highest BCUT2D eigenvalue weighted by Crippen LogP contribution is 2.18. The predicted octanol–water partition coefficient (Wildman–Crippen LogP) is 3.58. The first-order valence-electron chi connectivity index (χ1n) is 9.15. The van der Waals surface area contributed by atoms with E-state index in [0.717, 1.165) is 18.2 Å². The second-order valence-electron chi connectivity index (χ2n) is 6.91. The van der Waals surface area contributed by atoms with Crippen molar-refractivity contribution in [2.45, 2.75) is 64.1 Å². The van der Waals surface area contributed by atoms with E-state index in [4.69, 9.17) is 12.2 Å². The van der Waals surface area contributed by atoms with E-state index in [2.05, 4.69) is 39.8 Å². The van der Waals surface area contributed by atoms with Crippen LogP contribution in [-0.2, 0) is 13.1 Å². The number of hydrogen-bond acceptors (Lipinski definition) is 2. The average molecular weight is 332 g/mol. The third kappa shape index (κ3) is 5.18. The van der Waals surface area contributed by atoms with Gasteiger partial charge < -0.3 is 10.6 Å². The van der Waals surface area contributed by atoms with E-state index in [0.29, 0.717) is 6.04 Å². The molecule has 1 heterocycles. The van der Waals surface area contributed by atoms with Crippen molar-refractivity contribution in [2.24, 2.45) is 0 Å². The average Bonchev–Trinajstić information content (AvgIpc) is 3.08. The maximum absolute atomic E-state index is 5.49. The molecule has 23 heavy (non-hydrogen) atoms. The van der Waals surface area contributed by atoms with E-state index < -0.39 is 0 Å². The fourth-order valence-corrected chi connectivity index (χ4v) is 3.96. The highest BCUT2D eigenvalue weighted by Gasteiger charge is 2.15. The van der Waals surface area contributed by atoms with Gasteiger partial charge in [-0.1, -0.05) is 43.5 Å². The third-order valence-electron chi connectivity index (χ3n) is 5.09. The zero-order chi connectivity index (χ0) is 15.9. The topological polar surface area (TPSA) is 27.3 Å². The van der Waals surface area contributed by atoms with Gasteiger partial charge in [-0.3, -0.25) is 4.90 Å². The molecule has 2 aliphatic rings. The van der Waals surface area contributed by atoms with Gasteiger partial charge >= 0.3 is 0 Å². The van der Waals surface area contributed by atoms with Crippen molar-refractivity contribution in [3.8, 4) is 0 Å². The van der Waals surface area contributed by atoms with Gasteiger partial charge in [0, 0.05) is 19.1 Å². The Kier molecular flexibility index (Phi) is 6.29. The van der Waals surface area contributed by atoms with Gasteiger partial charge in [-0.05, 0) is 62.1 Å². The van der Waals surface area contributed by atoms with Gasteiger partial charge in [-0.15, -0.1) is 0 Å². The van der Waals surface area contributed by atoms with Crippen LogP contribution < -0.4 is 10.6 Å². The largest absolute Gasteiger partial charge is 0.360 e. The Bertz CT molecular complexity index is 505. The Labute approximate surface area is 145 Å². The highest BCUT2D eigenvalue weighted by atomic mass is 32.1. The monoisotopic (exact) mass is 331 g/mol. The zero-order valence-corrected chi connectivity index (χ0v) is 14.8. The van der Waals surface area contributed by atoms with Gasteiger partial charge in [0.1, 0.15) is 0 Å². The standard InChI is InChI=1S/C19H29N3S/c23-19(21-18-10-2-1-3-11-18)20-14-16-8-4-5-9-17(16)15-22-12-6-7-13-22/h4-5,8-9,18H,1-3,6-7,10-15H2,(H2,20,21,23). The van der Waals surface area contributed by atoms with Crippen LogP contribution in [-0.4, -0.2) is 29.1 Å². The molecule has 0 aromatic heterocycles. The van der Waals surface area contributed by atoms with Gasteiger partial charge in [-0.25, -0.2) is 0 Å². The van der Waals surface area contributed by atoms with Crippen LogP contribution in [0, 0.1) is 0 Å². The van der Waals surface area contributed by atoms with Crippen molar-refractivity contribution < 1.29 is 0 Å². The summed E-state index contributed by atoms with van der Waals surface area (Å²) in [6, 6.07) is 9.33. The highest BCUT2D eigenvalue weighted by molar-refractivity contribution is 7.80. The fraction of sp³-hybridized carbons (Fsp3) is 0.632. The summed E-state index contributed by atoms with van der Waals surface area (Å²) in [4.78, 5) is 2.55. The first-order valence-corrected chi connectivity index (χ1v) is 9.55. The Morgan fingerprint density at radius 3 is 2.43 bits per heavy atom. The molecule has 0 amide bonds. The van der Waals surface area contributed by atoms with Gasteiger partial charge in [0.05, 0.1) is 0 Å². The summed E-state index contributed by atoms with van der Waals surface area (Å²) < 4.78 is 0. The summed E-state index contributed by atoms with van der Waals surface area (Å²) in [5, 5.41) is 7.72. The van der Waals surface area contributed by atoms with E-state index in [1.807, 2.05) is 0 Å². The van der Waals surface area contributed by atoms with Gasteiger partial charge in [0.2, 0.25) is 0 Å². The van der Waals surface area contributed by atoms with Crippen LogP contribution in [0.2, 0.25) is 0 Å².